The first kappa shape index (κ1) is 13.1. The van der Waals surface area contributed by atoms with Crippen LogP contribution in [0.1, 0.15) is 11.4 Å². The van der Waals surface area contributed by atoms with Crippen LogP contribution in [0.5, 0.6) is 0 Å². The number of hydrogen-bond donors (Lipinski definition) is 1. The Morgan fingerprint density at radius 3 is 2.78 bits per heavy atom. The van der Waals surface area contributed by atoms with Crippen LogP contribution in [0, 0.1) is 6.92 Å². The topological polar surface area (TPSA) is 56.0 Å². The van der Waals surface area contributed by atoms with Crippen molar-refractivity contribution in [1.82, 2.24) is 4.98 Å². The number of pyridine rings is 1. The zero-order valence-electron chi connectivity index (χ0n) is 9.89. The lowest BCUT2D eigenvalue weighted by Crippen LogP contribution is -2.02. The Morgan fingerprint density at radius 2 is 2.11 bits per heavy atom. The summed E-state index contributed by atoms with van der Waals surface area (Å²) >= 11 is 5.81. The summed E-state index contributed by atoms with van der Waals surface area (Å²) in [7, 11) is -1.21. The second-order valence-electron chi connectivity index (χ2n) is 3.94. The van der Waals surface area contributed by atoms with Crippen molar-refractivity contribution in [3.8, 4) is 0 Å². The molecular weight excluding hydrogens is 268 g/mol. The highest BCUT2D eigenvalue weighted by molar-refractivity contribution is 7.84. The molecule has 0 spiro atoms. The molecule has 3 nitrogen and oxygen atoms in total. The molecule has 2 rings (SSSR count). The third kappa shape index (κ3) is 3.09. The largest absolute Gasteiger partial charge is 0.398 e. The van der Waals surface area contributed by atoms with E-state index in [1.807, 2.05) is 25.1 Å². The number of hydrogen-bond acceptors (Lipinski definition) is 3. The van der Waals surface area contributed by atoms with Gasteiger partial charge in [0.05, 0.1) is 27.1 Å². The lowest BCUT2D eigenvalue weighted by molar-refractivity contribution is 0.682. The summed E-state index contributed by atoms with van der Waals surface area (Å²) < 4.78 is 12.2. The van der Waals surface area contributed by atoms with Crippen LogP contribution in [-0.2, 0) is 16.6 Å². The van der Waals surface area contributed by atoms with Crippen molar-refractivity contribution in [1.29, 1.82) is 0 Å². The fraction of sp³-hybridized carbons (Fsp3) is 0.154. The average molecular weight is 281 g/mol. The van der Waals surface area contributed by atoms with Gasteiger partial charge in [0.15, 0.2) is 0 Å². The molecule has 18 heavy (non-hydrogen) atoms. The number of halogens is 1. The maximum Gasteiger partial charge on any atom is 0.0706 e. The van der Waals surface area contributed by atoms with Crippen molar-refractivity contribution < 1.29 is 4.21 Å². The Hall–Kier alpha value is -1.39. The van der Waals surface area contributed by atoms with Crippen LogP contribution in [0.15, 0.2) is 41.3 Å². The molecule has 0 bridgehead atoms. The molecular formula is C13H13ClN2OS. The van der Waals surface area contributed by atoms with Crippen molar-refractivity contribution in [3.05, 3.63) is 52.8 Å². The first-order valence-electron chi connectivity index (χ1n) is 5.42. The Bertz CT molecular complexity index is 601. The highest BCUT2D eigenvalue weighted by atomic mass is 35.5. The van der Waals surface area contributed by atoms with E-state index in [1.54, 1.807) is 18.2 Å². The molecule has 0 aliphatic carbocycles. The van der Waals surface area contributed by atoms with Gasteiger partial charge in [-0.15, -0.1) is 0 Å². The minimum atomic E-state index is -1.21. The number of anilines is 1. The molecule has 2 N–H and O–H groups in total. The van der Waals surface area contributed by atoms with Gasteiger partial charge in [0, 0.05) is 16.4 Å². The van der Waals surface area contributed by atoms with Gasteiger partial charge in [0.25, 0.3) is 0 Å². The average Bonchev–Trinajstić information content (AvgIpc) is 2.28. The molecule has 1 aromatic carbocycles. The van der Waals surface area contributed by atoms with Crippen LogP contribution in [-0.4, -0.2) is 9.19 Å². The number of nitrogens with two attached hydrogens (primary N) is 1. The van der Waals surface area contributed by atoms with Crippen molar-refractivity contribution in [3.63, 3.8) is 0 Å². The fourth-order valence-electron chi connectivity index (χ4n) is 1.62. The van der Waals surface area contributed by atoms with Gasteiger partial charge in [0.1, 0.15) is 0 Å². The molecule has 94 valence electrons. The number of aryl methyl sites for hydroxylation is 1. The normalized spacial score (nSPS) is 12.3. The van der Waals surface area contributed by atoms with Crippen LogP contribution < -0.4 is 5.73 Å². The van der Waals surface area contributed by atoms with E-state index in [-0.39, 0.29) is 0 Å². The Labute approximate surface area is 113 Å². The predicted octanol–water partition coefficient (Wildman–Crippen LogP) is 2.93. The standard InChI is InChI=1S/C13H13ClN2OS/c1-9-3-2-4-11(16-9)8-18(17)13-6-5-10(14)7-12(13)15/h2-7H,8,15H2,1H3. The Morgan fingerprint density at radius 1 is 1.33 bits per heavy atom. The molecule has 1 unspecified atom stereocenters. The summed E-state index contributed by atoms with van der Waals surface area (Å²) in [4.78, 5) is 4.93. The number of nitrogens with zero attached hydrogens (tertiary/aromatic N) is 1. The van der Waals surface area contributed by atoms with Crippen molar-refractivity contribution in [2.75, 3.05) is 5.73 Å². The van der Waals surface area contributed by atoms with Crippen LogP contribution in [0.2, 0.25) is 5.02 Å². The molecule has 1 heterocycles. The van der Waals surface area contributed by atoms with Gasteiger partial charge in [-0.1, -0.05) is 17.7 Å². The molecule has 0 saturated heterocycles. The number of aromatic nitrogens is 1. The smallest absolute Gasteiger partial charge is 0.0706 e. The number of rotatable bonds is 3. The molecule has 1 aromatic heterocycles. The van der Waals surface area contributed by atoms with Crippen LogP contribution >= 0.6 is 11.6 Å². The maximum atomic E-state index is 12.2. The lowest BCUT2D eigenvalue weighted by atomic mass is 10.3. The minimum absolute atomic E-state index is 0.355. The Kier molecular flexibility index (Phi) is 3.99. The molecule has 0 radical (unpaired) electrons. The van der Waals surface area contributed by atoms with E-state index in [0.29, 0.717) is 21.4 Å². The highest BCUT2D eigenvalue weighted by Gasteiger charge is 2.10. The summed E-state index contributed by atoms with van der Waals surface area (Å²) in [5, 5.41) is 0.543. The minimum Gasteiger partial charge on any atom is -0.398 e. The summed E-state index contributed by atoms with van der Waals surface area (Å²) in [6.45, 7) is 1.91. The van der Waals surface area contributed by atoms with Gasteiger partial charge in [-0.05, 0) is 37.3 Å². The molecule has 0 fully saturated rings. The third-order valence-electron chi connectivity index (χ3n) is 2.44. The van der Waals surface area contributed by atoms with E-state index >= 15 is 0 Å². The molecule has 1 atom stereocenters. The van der Waals surface area contributed by atoms with Crippen LogP contribution in [0.25, 0.3) is 0 Å². The van der Waals surface area contributed by atoms with E-state index in [2.05, 4.69) is 4.98 Å². The van der Waals surface area contributed by atoms with Gasteiger partial charge in [-0.3, -0.25) is 9.19 Å². The summed E-state index contributed by atoms with van der Waals surface area (Å²) in [6.07, 6.45) is 0. The van der Waals surface area contributed by atoms with Gasteiger partial charge in [-0.2, -0.15) is 0 Å². The van der Waals surface area contributed by atoms with Crippen LogP contribution in [0.3, 0.4) is 0 Å². The van der Waals surface area contributed by atoms with Crippen molar-refractivity contribution >= 4 is 28.1 Å². The third-order valence-corrected chi connectivity index (χ3v) is 4.10. The first-order valence-corrected chi connectivity index (χ1v) is 7.12. The zero-order valence-corrected chi connectivity index (χ0v) is 11.5. The van der Waals surface area contributed by atoms with Crippen molar-refractivity contribution in [2.24, 2.45) is 0 Å². The molecule has 0 amide bonds. The van der Waals surface area contributed by atoms with E-state index in [9.17, 15) is 4.21 Å². The maximum absolute atomic E-state index is 12.2. The van der Waals surface area contributed by atoms with Gasteiger partial charge in [0.2, 0.25) is 0 Å². The SMILES string of the molecule is Cc1cccc(CS(=O)c2ccc(Cl)cc2N)n1. The summed E-state index contributed by atoms with van der Waals surface area (Å²) in [5.74, 6) is 0.355. The van der Waals surface area contributed by atoms with Crippen LogP contribution in [0.4, 0.5) is 5.69 Å². The fourth-order valence-corrected chi connectivity index (χ4v) is 2.93. The molecule has 0 aliphatic heterocycles. The molecule has 0 saturated carbocycles. The summed E-state index contributed by atoms with van der Waals surface area (Å²) in [5.41, 5.74) is 7.97. The molecule has 2 aromatic rings. The zero-order chi connectivity index (χ0) is 13.1. The second kappa shape index (κ2) is 5.50. The lowest BCUT2D eigenvalue weighted by Gasteiger charge is -2.06. The van der Waals surface area contributed by atoms with E-state index in [0.717, 1.165) is 11.4 Å². The Balaban J connectivity index is 2.22. The predicted molar refractivity (Wildman–Crippen MR) is 75.0 cm³/mol. The first-order chi connectivity index (χ1) is 8.56. The summed E-state index contributed by atoms with van der Waals surface area (Å²) in [6, 6.07) is 10.7. The van der Waals surface area contributed by atoms with Gasteiger partial charge in [-0.25, -0.2) is 0 Å². The quantitative estimate of drug-likeness (QED) is 0.880. The number of nitrogen functional groups attached to an aromatic ring is 1. The highest BCUT2D eigenvalue weighted by Crippen LogP contribution is 2.22. The van der Waals surface area contributed by atoms with E-state index in [1.165, 1.54) is 0 Å². The monoisotopic (exact) mass is 280 g/mol. The van der Waals surface area contributed by atoms with Crippen molar-refractivity contribution in [2.45, 2.75) is 17.6 Å². The van der Waals surface area contributed by atoms with Gasteiger partial charge >= 0.3 is 0 Å². The van der Waals surface area contributed by atoms with E-state index in [4.69, 9.17) is 17.3 Å². The number of benzene rings is 1. The second-order valence-corrected chi connectivity index (χ2v) is 5.80. The molecule has 5 heteroatoms. The molecule has 0 aliphatic rings. The van der Waals surface area contributed by atoms with Gasteiger partial charge < -0.3 is 5.73 Å². The van der Waals surface area contributed by atoms with E-state index < -0.39 is 10.8 Å².